The number of nitrogens with zero attached hydrogens (tertiary/aromatic N) is 2. The zero-order chi connectivity index (χ0) is 10.8. The van der Waals surface area contributed by atoms with Crippen LogP contribution in [0.4, 0.5) is 0 Å². The second kappa shape index (κ2) is 3.85. The van der Waals surface area contributed by atoms with Crippen molar-refractivity contribution in [3.63, 3.8) is 0 Å². The maximum Gasteiger partial charge on any atom is 0.239 e. The zero-order valence-electron chi connectivity index (χ0n) is 8.97. The first-order valence-corrected chi connectivity index (χ1v) is 5.11. The van der Waals surface area contributed by atoms with Gasteiger partial charge in [-0.2, -0.15) is 5.10 Å². The topological polar surface area (TPSA) is 32.7 Å². The molecule has 1 aromatic rings. The lowest BCUT2D eigenvalue weighted by Crippen LogP contribution is -2.27. The predicted octanol–water partition coefficient (Wildman–Crippen LogP) is 2.03. The molecule has 0 saturated heterocycles. The van der Waals surface area contributed by atoms with Gasteiger partial charge < -0.3 is 0 Å². The molecule has 0 fully saturated rings. The molecule has 15 heavy (non-hydrogen) atoms. The molecule has 0 saturated carbocycles. The van der Waals surface area contributed by atoms with Crippen LogP contribution in [0, 0.1) is 0 Å². The van der Waals surface area contributed by atoms with Crippen molar-refractivity contribution in [2.75, 3.05) is 0 Å². The number of amides is 1. The van der Waals surface area contributed by atoms with Gasteiger partial charge in [-0.15, -0.1) is 0 Å². The summed E-state index contributed by atoms with van der Waals surface area (Å²) in [5, 5.41) is 5.90. The zero-order valence-corrected chi connectivity index (χ0v) is 8.97. The van der Waals surface area contributed by atoms with Crippen molar-refractivity contribution in [2.45, 2.75) is 26.3 Å². The van der Waals surface area contributed by atoms with Crippen LogP contribution in [-0.2, 0) is 4.79 Å². The lowest BCUT2D eigenvalue weighted by molar-refractivity contribution is -0.130. The van der Waals surface area contributed by atoms with Crippen molar-refractivity contribution in [1.82, 2.24) is 5.01 Å². The number of benzene rings is 1. The number of rotatable bonds is 1. The molecule has 0 radical (unpaired) electrons. The average molecular weight is 202 g/mol. The number of carbonyl (C=O) groups excluding carboxylic acids is 1. The molecule has 0 spiro atoms. The summed E-state index contributed by atoms with van der Waals surface area (Å²) in [5.41, 5.74) is 2.10. The van der Waals surface area contributed by atoms with E-state index in [2.05, 4.69) is 5.10 Å². The number of hydrogen-bond acceptors (Lipinski definition) is 2. The Morgan fingerprint density at radius 1 is 1.40 bits per heavy atom. The Balaban J connectivity index is 2.27. The first kappa shape index (κ1) is 9.90. The van der Waals surface area contributed by atoms with E-state index in [4.69, 9.17) is 0 Å². The first-order valence-electron chi connectivity index (χ1n) is 5.11. The van der Waals surface area contributed by atoms with Gasteiger partial charge in [-0.05, 0) is 12.5 Å². The summed E-state index contributed by atoms with van der Waals surface area (Å²) in [4.78, 5) is 11.3. The maximum absolute atomic E-state index is 11.3. The van der Waals surface area contributed by atoms with Crippen LogP contribution in [0.1, 0.15) is 25.8 Å². The van der Waals surface area contributed by atoms with E-state index in [1.807, 2.05) is 37.3 Å². The van der Waals surface area contributed by atoms with Crippen LogP contribution in [0.5, 0.6) is 0 Å². The minimum absolute atomic E-state index is 0.00781. The van der Waals surface area contributed by atoms with Crippen molar-refractivity contribution in [2.24, 2.45) is 5.10 Å². The Labute approximate surface area is 89.4 Å². The lowest BCUT2D eigenvalue weighted by atomic mass is 10.1. The average Bonchev–Trinajstić information content (AvgIpc) is 2.62. The molecule has 1 aliphatic rings. The summed E-state index contributed by atoms with van der Waals surface area (Å²) in [6.45, 7) is 3.56. The quantitative estimate of drug-likeness (QED) is 0.685. The predicted molar refractivity (Wildman–Crippen MR) is 59.6 cm³/mol. The van der Waals surface area contributed by atoms with Crippen LogP contribution in [0.25, 0.3) is 0 Å². The molecule has 1 aliphatic heterocycles. The molecule has 1 amide bonds. The van der Waals surface area contributed by atoms with Crippen LogP contribution in [-0.4, -0.2) is 22.7 Å². The third kappa shape index (κ3) is 1.91. The van der Waals surface area contributed by atoms with E-state index in [1.165, 1.54) is 0 Å². The van der Waals surface area contributed by atoms with Gasteiger partial charge in [-0.3, -0.25) is 4.79 Å². The molecule has 2 rings (SSSR count). The van der Waals surface area contributed by atoms with E-state index < -0.39 is 0 Å². The standard InChI is InChI=1S/C12H14N2O/c1-9-8-12(13-14(9)10(2)15)11-6-4-3-5-7-11/h3-7,9H,8H2,1-2H3. The Hall–Kier alpha value is -1.64. The van der Waals surface area contributed by atoms with Crippen LogP contribution in [0.3, 0.4) is 0 Å². The summed E-state index contributed by atoms with van der Waals surface area (Å²) in [5.74, 6) is 0.00781. The van der Waals surface area contributed by atoms with E-state index in [0.29, 0.717) is 0 Å². The third-order valence-corrected chi connectivity index (χ3v) is 2.56. The summed E-state index contributed by atoms with van der Waals surface area (Å²) in [6, 6.07) is 10.2. The van der Waals surface area contributed by atoms with E-state index in [0.717, 1.165) is 17.7 Å². The molecule has 3 nitrogen and oxygen atoms in total. The summed E-state index contributed by atoms with van der Waals surface area (Å²) in [7, 11) is 0. The van der Waals surface area contributed by atoms with Gasteiger partial charge in [-0.1, -0.05) is 30.3 Å². The molecule has 1 atom stereocenters. The molecule has 1 unspecified atom stereocenters. The minimum Gasteiger partial charge on any atom is -0.273 e. The molecule has 0 bridgehead atoms. The fourth-order valence-electron chi connectivity index (χ4n) is 1.82. The van der Waals surface area contributed by atoms with Crippen LogP contribution in [0.2, 0.25) is 0 Å². The Kier molecular flexibility index (Phi) is 2.54. The van der Waals surface area contributed by atoms with Gasteiger partial charge in [0, 0.05) is 13.3 Å². The van der Waals surface area contributed by atoms with Crippen LogP contribution >= 0.6 is 0 Å². The SMILES string of the molecule is CC(=O)N1N=C(c2ccccc2)CC1C. The Morgan fingerprint density at radius 2 is 2.07 bits per heavy atom. The normalized spacial score (nSPS) is 20.3. The third-order valence-electron chi connectivity index (χ3n) is 2.56. The van der Waals surface area contributed by atoms with Crippen molar-refractivity contribution in [1.29, 1.82) is 0 Å². The summed E-state index contributed by atoms with van der Waals surface area (Å²) >= 11 is 0. The molecule has 3 heteroatoms. The van der Waals surface area contributed by atoms with Gasteiger partial charge in [0.15, 0.2) is 0 Å². The summed E-state index contributed by atoms with van der Waals surface area (Å²) < 4.78 is 0. The van der Waals surface area contributed by atoms with Crippen molar-refractivity contribution >= 4 is 11.6 Å². The van der Waals surface area contributed by atoms with Crippen LogP contribution in [0.15, 0.2) is 35.4 Å². The van der Waals surface area contributed by atoms with Gasteiger partial charge >= 0.3 is 0 Å². The lowest BCUT2D eigenvalue weighted by Gasteiger charge is -2.14. The van der Waals surface area contributed by atoms with Gasteiger partial charge in [0.25, 0.3) is 0 Å². The van der Waals surface area contributed by atoms with E-state index in [9.17, 15) is 4.79 Å². The number of carbonyl (C=O) groups is 1. The second-order valence-electron chi connectivity index (χ2n) is 3.83. The van der Waals surface area contributed by atoms with Crippen molar-refractivity contribution < 1.29 is 4.79 Å². The van der Waals surface area contributed by atoms with E-state index >= 15 is 0 Å². The van der Waals surface area contributed by atoms with Crippen LogP contribution < -0.4 is 0 Å². The van der Waals surface area contributed by atoms with Gasteiger partial charge in [-0.25, -0.2) is 5.01 Å². The fraction of sp³-hybridized carbons (Fsp3) is 0.333. The molecular weight excluding hydrogens is 188 g/mol. The number of hydrogen-bond donors (Lipinski definition) is 0. The smallest absolute Gasteiger partial charge is 0.239 e. The van der Waals surface area contributed by atoms with Gasteiger partial charge in [0.1, 0.15) is 0 Å². The van der Waals surface area contributed by atoms with E-state index in [1.54, 1.807) is 11.9 Å². The highest BCUT2D eigenvalue weighted by molar-refractivity contribution is 6.02. The van der Waals surface area contributed by atoms with Crippen molar-refractivity contribution in [3.05, 3.63) is 35.9 Å². The Morgan fingerprint density at radius 3 is 2.60 bits per heavy atom. The molecule has 78 valence electrons. The Bertz CT molecular complexity index is 397. The first-order chi connectivity index (χ1) is 7.18. The minimum atomic E-state index is 0.00781. The van der Waals surface area contributed by atoms with Gasteiger partial charge in [0.2, 0.25) is 5.91 Å². The molecule has 0 aliphatic carbocycles. The highest BCUT2D eigenvalue weighted by atomic mass is 16.2. The highest BCUT2D eigenvalue weighted by Crippen LogP contribution is 2.19. The highest BCUT2D eigenvalue weighted by Gasteiger charge is 2.25. The van der Waals surface area contributed by atoms with Gasteiger partial charge in [0.05, 0.1) is 11.8 Å². The second-order valence-corrected chi connectivity index (χ2v) is 3.83. The molecule has 0 N–H and O–H groups in total. The molecule has 1 aromatic carbocycles. The molecular formula is C12H14N2O. The monoisotopic (exact) mass is 202 g/mol. The largest absolute Gasteiger partial charge is 0.273 e. The van der Waals surface area contributed by atoms with E-state index in [-0.39, 0.29) is 11.9 Å². The molecule has 0 aromatic heterocycles. The molecule has 1 heterocycles. The number of hydrazone groups is 1. The maximum atomic E-state index is 11.3. The van der Waals surface area contributed by atoms with Crippen molar-refractivity contribution in [3.8, 4) is 0 Å². The fourth-order valence-corrected chi connectivity index (χ4v) is 1.82. The summed E-state index contributed by atoms with van der Waals surface area (Å²) in [6.07, 6.45) is 0.837.